The smallest absolute Gasteiger partial charge is 0.219 e. The first-order valence-electron chi connectivity index (χ1n) is 9.01. The Kier molecular flexibility index (Phi) is 4.07. The first kappa shape index (κ1) is 16.3. The number of benzene rings is 3. The summed E-state index contributed by atoms with van der Waals surface area (Å²) >= 11 is 0. The van der Waals surface area contributed by atoms with Gasteiger partial charge in [0.15, 0.2) is 0 Å². The SMILES string of the molecule is c1ccc2nc(Oc3ccc(Oc4ccc5ccccc5n4)cc3)ccc2c1. The van der Waals surface area contributed by atoms with Crippen LogP contribution in [0.5, 0.6) is 23.3 Å². The molecule has 28 heavy (non-hydrogen) atoms. The summed E-state index contributed by atoms with van der Waals surface area (Å²) in [7, 11) is 0. The van der Waals surface area contributed by atoms with Gasteiger partial charge in [-0.1, -0.05) is 36.4 Å². The summed E-state index contributed by atoms with van der Waals surface area (Å²) in [5.41, 5.74) is 1.81. The van der Waals surface area contributed by atoms with Crippen molar-refractivity contribution in [3.05, 3.63) is 97.1 Å². The molecule has 4 nitrogen and oxygen atoms in total. The van der Waals surface area contributed by atoms with E-state index in [1.165, 1.54) is 0 Å². The number of para-hydroxylation sites is 2. The zero-order valence-electron chi connectivity index (χ0n) is 14.9. The molecule has 0 amide bonds. The Labute approximate surface area is 162 Å². The lowest BCUT2D eigenvalue weighted by molar-refractivity contribution is 0.452. The zero-order valence-corrected chi connectivity index (χ0v) is 14.9. The van der Waals surface area contributed by atoms with Crippen LogP contribution in [-0.2, 0) is 0 Å². The Morgan fingerprint density at radius 2 is 0.857 bits per heavy atom. The van der Waals surface area contributed by atoms with E-state index in [-0.39, 0.29) is 0 Å². The standard InChI is InChI=1S/C24H16N2O2/c1-3-7-21-17(5-1)9-15-23(25-21)27-19-11-13-20(14-12-19)28-24-16-10-18-6-2-4-8-22(18)26-24/h1-16H. The van der Waals surface area contributed by atoms with Crippen LogP contribution in [0.15, 0.2) is 97.1 Å². The highest BCUT2D eigenvalue weighted by Gasteiger charge is 2.04. The lowest BCUT2D eigenvalue weighted by Crippen LogP contribution is -1.90. The molecule has 4 heteroatoms. The molecule has 2 heterocycles. The number of rotatable bonds is 4. The van der Waals surface area contributed by atoms with Gasteiger partial charge in [-0.25, -0.2) is 9.97 Å². The summed E-state index contributed by atoms with van der Waals surface area (Å²) in [5.74, 6) is 2.51. The molecule has 0 radical (unpaired) electrons. The summed E-state index contributed by atoms with van der Waals surface area (Å²) < 4.78 is 11.7. The van der Waals surface area contributed by atoms with Crippen LogP contribution in [-0.4, -0.2) is 9.97 Å². The van der Waals surface area contributed by atoms with Gasteiger partial charge in [-0.2, -0.15) is 0 Å². The van der Waals surface area contributed by atoms with Gasteiger partial charge in [0, 0.05) is 22.9 Å². The minimum Gasteiger partial charge on any atom is -0.439 e. The monoisotopic (exact) mass is 364 g/mol. The number of nitrogens with zero attached hydrogens (tertiary/aromatic N) is 2. The third-order valence-corrected chi connectivity index (χ3v) is 4.41. The molecule has 0 N–H and O–H groups in total. The van der Waals surface area contributed by atoms with Crippen molar-refractivity contribution in [2.75, 3.05) is 0 Å². The lowest BCUT2D eigenvalue weighted by Gasteiger charge is -2.08. The molecule has 0 saturated heterocycles. The number of ether oxygens (including phenoxy) is 2. The van der Waals surface area contributed by atoms with Gasteiger partial charge >= 0.3 is 0 Å². The van der Waals surface area contributed by atoms with E-state index in [1.807, 2.05) is 97.1 Å². The molecule has 0 aliphatic rings. The fraction of sp³-hybridized carbons (Fsp3) is 0. The van der Waals surface area contributed by atoms with E-state index < -0.39 is 0 Å². The molecule has 0 saturated carbocycles. The lowest BCUT2D eigenvalue weighted by atomic mass is 10.2. The largest absolute Gasteiger partial charge is 0.439 e. The maximum Gasteiger partial charge on any atom is 0.219 e. The molecule has 0 bridgehead atoms. The second-order valence-electron chi connectivity index (χ2n) is 6.36. The van der Waals surface area contributed by atoms with Crippen LogP contribution in [0.3, 0.4) is 0 Å². The number of fused-ring (bicyclic) bond motifs is 2. The van der Waals surface area contributed by atoms with E-state index in [4.69, 9.17) is 9.47 Å². The van der Waals surface area contributed by atoms with Crippen LogP contribution in [0.4, 0.5) is 0 Å². The number of hydrogen-bond acceptors (Lipinski definition) is 4. The van der Waals surface area contributed by atoms with Crippen molar-refractivity contribution in [3.8, 4) is 23.3 Å². The van der Waals surface area contributed by atoms with Crippen LogP contribution in [0, 0.1) is 0 Å². The minimum atomic E-state index is 0.559. The van der Waals surface area contributed by atoms with Gasteiger partial charge in [-0.15, -0.1) is 0 Å². The minimum absolute atomic E-state index is 0.559. The maximum atomic E-state index is 5.87. The molecular weight excluding hydrogens is 348 g/mol. The Morgan fingerprint density at radius 1 is 0.429 bits per heavy atom. The van der Waals surface area contributed by atoms with Crippen molar-refractivity contribution in [2.24, 2.45) is 0 Å². The van der Waals surface area contributed by atoms with Gasteiger partial charge < -0.3 is 9.47 Å². The van der Waals surface area contributed by atoms with E-state index in [1.54, 1.807) is 0 Å². The summed E-state index contributed by atoms with van der Waals surface area (Å²) in [6, 6.07) is 31.1. The van der Waals surface area contributed by atoms with Crippen LogP contribution in [0.25, 0.3) is 21.8 Å². The number of aromatic nitrogens is 2. The highest BCUT2D eigenvalue weighted by Crippen LogP contribution is 2.27. The third kappa shape index (κ3) is 3.35. The van der Waals surface area contributed by atoms with E-state index in [9.17, 15) is 0 Å². The molecule has 0 spiro atoms. The Hall–Kier alpha value is -3.92. The summed E-state index contributed by atoms with van der Waals surface area (Å²) in [5, 5.41) is 2.17. The van der Waals surface area contributed by atoms with Crippen molar-refractivity contribution in [1.82, 2.24) is 9.97 Å². The molecule has 3 aromatic carbocycles. The molecule has 0 aliphatic carbocycles. The Balaban J connectivity index is 1.32. The molecule has 2 aromatic heterocycles. The van der Waals surface area contributed by atoms with Crippen molar-refractivity contribution < 1.29 is 9.47 Å². The van der Waals surface area contributed by atoms with E-state index in [0.29, 0.717) is 23.3 Å². The zero-order chi connectivity index (χ0) is 18.8. The van der Waals surface area contributed by atoms with E-state index in [2.05, 4.69) is 9.97 Å². The van der Waals surface area contributed by atoms with Crippen molar-refractivity contribution >= 4 is 21.8 Å². The van der Waals surface area contributed by atoms with E-state index >= 15 is 0 Å². The van der Waals surface area contributed by atoms with Crippen molar-refractivity contribution in [3.63, 3.8) is 0 Å². The molecule has 0 fully saturated rings. The third-order valence-electron chi connectivity index (χ3n) is 4.41. The number of pyridine rings is 2. The average Bonchev–Trinajstić information content (AvgIpc) is 2.75. The fourth-order valence-electron chi connectivity index (χ4n) is 3.03. The maximum absolute atomic E-state index is 5.87. The fourth-order valence-corrected chi connectivity index (χ4v) is 3.03. The van der Waals surface area contributed by atoms with Crippen LogP contribution < -0.4 is 9.47 Å². The Bertz CT molecular complexity index is 1170. The second-order valence-corrected chi connectivity index (χ2v) is 6.36. The van der Waals surface area contributed by atoms with Crippen LogP contribution in [0.2, 0.25) is 0 Å². The van der Waals surface area contributed by atoms with Gasteiger partial charge in [0.25, 0.3) is 0 Å². The van der Waals surface area contributed by atoms with Crippen molar-refractivity contribution in [1.29, 1.82) is 0 Å². The van der Waals surface area contributed by atoms with Gasteiger partial charge in [0.1, 0.15) is 11.5 Å². The number of hydrogen-bond donors (Lipinski definition) is 0. The molecule has 0 unspecified atom stereocenters. The predicted octanol–water partition coefficient (Wildman–Crippen LogP) is 6.37. The highest BCUT2D eigenvalue weighted by molar-refractivity contribution is 5.79. The van der Waals surface area contributed by atoms with Crippen molar-refractivity contribution in [2.45, 2.75) is 0 Å². The van der Waals surface area contributed by atoms with E-state index in [0.717, 1.165) is 21.8 Å². The van der Waals surface area contributed by atoms with Gasteiger partial charge in [-0.05, 0) is 48.5 Å². The Morgan fingerprint density at radius 3 is 1.32 bits per heavy atom. The predicted molar refractivity (Wildman–Crippen MR) is 110 cm³/mol. The van der Waals surface area contributed by atoms with Crippen LogP contribution in [0.1, 0.15) is 0 Å². The summed E-state index contributed by atoms with van der Waals surface area (Å²) in [6.45, 7) is 0. The summed E-state index contributed by atoms with van der Waals surface area (Å²) in [4.78, 5) is 9.05. The van der Waals surface area contributed by atoms with Gasteiger partial charge in [0.05, 0.1) is 11.0 Å². The molecule has 134 valence electrons. The molecular formula is C24H16N2O2. The second kappa shape index (κ2) is 7.00. The molecule has 5 aromatic rings. The first-order valence-corrected chi connectivity index (χ1v) is 9.01. The highest BCUT2D eigenvalue weighted by atomic mass is 16.5. The summed E-state index contributed by atoms with van der Waals surface area (Å²) in [6.07, 6.45) is 0. The first-order chi connectivity index (χ1) is 13.8. The van der Waals surface area contributed by atoms with Gasteiger partial charge in [0.2, 0.25) is 11.8 Å². The molecule has 0 aliphatic heterocycles. The average molecular weight is 364 g/mol. The van der Waals surface area contributed by atoms with Gasteiger partial charge in [-0.3, -0.25) is 0 Å². The molecule has 5 rings (SSSR count). The quantitative estimate of drug-likeness (QED) is 0.372. The van der Waals surface area contributed by atoms with Crippen LogP contribution >= 0.6 is 0 Å². The molecule has 0 atom stereocenters. The topological polar surface area (TPSA) is 44.2 Å². The normalized spacial score (nSPS) is 10.9.